The van der Waals surface area contributed by atoms with Crippen molar-refractivity contribution in [2.75, 3.05) is 32.8 Å². The molecular formula is C22H24BrFN2O3. The van der Waals surface area contributed by atoms with Gasteiger partial charge in [0.25, 0.3) is 0 Å². The second-order valence-electron chi connectivity index (χ2n) is 6.98. The molecule has 0 N–H and O–H groups in total. The Bertz CT molecular complexity index is 886. The predicted molar refractivity (Wildman–Crippen MR) is 115 cm³/mol. The van der Waals surface area contributed by atoms with Gasteiger partial charge in [0.15, 0.2) is 17.3 Å². The molecule has 29 heavy (non-hydrogen) atoms. The number of fused-ring (bicyclic) bond motifs is 1. The van der Waals surface area contributed by atoms with E-state index in [4.69, 9.17) is 14.5 Å². The number of Topliss-reactive ketones (excluding diaryl/α,β-unsaturated/α-hetero) is 1. The Kier molecular flexibility index (Phi) is 7.25. The Morgan fingerprint density at radius 3 is 2.55 bits per heavy atom. The van der Waals surface area contributed by atoms with Gasteiger partial charge >= 0.3 is 0 Å². The molecule has 0 aromatic heterocycles. The molecule has 4 rings (SSSR count). The number of hydrogen-bond acceptors (Lipinski definition) is 5. The fraction of sp³-hybridized carbons (Fsp3) is 0.364. The maximum atomic E-state index is 13.3. The van der Waals surface area contributed by atoms with E-state index in [0.717, 1.165) is 37.2 Å². The molecule has 0 unspecified atom stereocenters. The molecule has 2 aliphatic rings. The summed E-state index contributed by atoms with van der Waals surface area (Å²) in [6.07, 6.45) is 3.10. The predicted octanol–water partition coefficient (Wildman–Crippen LogP) is 4.29. The van der Waals surface area contributed by atoms with Crippen LogP contribution in [0.25, 0.3) is 0 Å². The van der Waals surface area contributed by atoms with Crippen molar-refractivity contribution in [3.05, 3.63) is 59.4 Å². The third-order valence-corrected chi connectivity index (χ3v) is 4.95. The Balaban J connectivity index is 0.00000240. The summed E-state index contributed by atoms with van der Waals surface area (Å²) in [5.74, 6) is 1.74. The molecule has 7 heteroatoms. The Labute approximate surface area is 180 Å². The number of amidine groups is 1. The molecular weight excluding hydrogens is 439 g/mol. The number of hydrogen-bond donors (Lipinski definition) is 0. The van der Waals surface area contributed by atoms with Gasteiger partial charge in [0, 0.05) is 24.2 Å². The molecule has 0 atom stereocenters. The normalized spacial score (nSPS) is 16.2. The number of halogens is 2. The van der Waals surface area contributed by atoms with Gasteiger partial charge in [-0.05, 0) is 61.7 Å². The number of ether oxygens (including phenoxy) is 2. The first-order valence-electron chi connectivity index (χ1n) is 9.69. The highest BCUT2D eigenvalue weighted by molar-refractivity contribution is 8.93. The largest absolute Gasteiger partial charge is 0.486 e. The van der Waals surface area contributed by atoms with E-state index in [0.29, 0.717) is 36.8 Å². The maximum absolute atomic E-state index is 13.3. The van der Waals surface area contributed by atoms with E-state index >= 15 is 0 Å². The monoisotopic (exact) mass is 462 g/mol. The van der Waals surface area contributed by atoms with Crippen molar-refractivity contribution >= 4 is 28.6 Å². The Morgan fingerprint density at radius 2 is 1.76 bits per heavy atom. The Hall–Kier alpha value is -2.41. The van der Waals surface area contributed by atoms with E-state index in [-0.39, 0.29) is 35.1 Å². The highest BCUT2D eigenvalue weighted by atomic mass is 79.9. The highest BCUT2D eigenvalue weighted by Crippen LogP contribution is 2.31. The molecule has 0 spiro atoms. The summed E-state index contributed by atoms with van der Waals surface area (Å²) in [5, 5.41) is 0. The standard InChI is InChI=1S/C22H23FN2O3.BrH/c23-18-7-4-16(5-8-18)22-24-10-2-1-3-11-25(22)15-19(26)17-6-9-20-21(14-17)28-13-12-27-20;/h4-9,14H,1-3,10-13,15H2;1H. The molecule has 2 aromatic carbocycles. The summed E-state index contributed by atoms with van der Waals surface area (Å²) < 4.78 is 24.5. The number of aliphatic imine (C=N–C) groups is 1. The lowest BCUT2D eigenvalue weighted by atomic mass is 10.1. The van der Waals surface area contributed by atoms with E-state index in [9.17, 15) is 9.18 Å². The van der Waals surface area contributed by atoms with Crippen LogP contribution in [0.4, 0.5) is 4.39 Å². The van der Waals surface area contributed by atoms with Crippen LogP contribution in [0.1, 0.15) is 35.2 Å². The maximum Gasteiger partial charge on any atom is 0.182 e. The smallest absolute Gasteiger partial charge is 0.182 e. The van der Waals surface area contributed by atoms with Crippen LogP contribution in [0.15, 0.2) is 47.5 Å². The number of carbonyl (C=O) groups excluding carboxylic acids is 1. The van der Waals surface area contributed by atoms with Crippen LogP contribution >= 0.6 is 17.0 Å². The lowest BCUT2D eigenvalue weighted by molar-refractivity contribution is 0.0960. The molecule has 0 saturated carbocycles. The number of ketones is 1. The second-order valence-corrected chi connectivity index (χ2v) is 6.98. The summed E-state index contributed by atoms with van der Waals surface area (Å²) in [7, 11) is 0. The molecule has 0 amide bonds. The molecule has 0 fully saturated rings. The lowest BCUT2D eigenvalue weighted by Crippen LogP contribution is -2.38. The van der Waals surface area contributed by atoms with Crippen LogP contribution < -0.4 is 9.47 Å². The van der Waals surface area contributed by atoms with Gasteiger partial charge in [-0.25, -0.2) is 4.39 Å². The van der Waals surface area contributed by atoms with Gasteiger partial charge in [0.2, 0.25) is 0 Å². The van der Waals surface area contributed by atoms with Crippen molar-refractivity contribution in [2.24, 2.45) is 4.99 Å². The molecule has 154 valence electrons. The molecule has 2 aliphatic heterocycles. The average molecular weight is 463 g/mol. The zero-order valence-corrected chi connectivity index (χ0v) is 17.8. The quantitative estimate of drug-likeness (QED) is 0.635. The second kappa shape index (κ2) is 9.87. The SMILES string of the molecule is Br.O=C(CN1CCCCCN=C1c1ccc(F)cc1)c1ccc2c(c1)OCCO2. The van der Waals surface area contributed by atoms with Crippen molar-refractivity contribution in [3.63, 3.8) is 0 Å². The molecule has 5 nitrogen and oxygen atoms in total. The van der Waals surface area contributed by atoms with Crippen molar-refractivity contribution in [1.82, 2.24) is 4.90 Å². The summed E-state index contributed by atoms with van der Waals surface area (Å²) in [4.78, 5) is 19.7. The minimum Gasteiger partial charge on any atom is -0.486 e. The van der Waals surface area contributed by atoms with Crippen LogP contribution in [0.5, 0.6) is 11.5 Å². The van der Waals surface area contributed by atoms with Gasteiger partial charge in [-0.1, -0.05) is 0 Å². The fourth-order valence-corrected chi connectivity index (χ4v) is 3.49. The van der Waals surface area contributed by atoms with Crippen molar-refractivity contribution in [2.45, 2.75) is 19.3 Å². The van der Waals surface area contributed by atoms with Gasteiger partial charge in [-0.15, -0.1) is 17.0 Å². The van der Waals surface area contributed by atoms with Gasteiger partial charge in [0.05, 0.1) is 6.54 Å². The third kappa shape index (κ3) is 5.15. The first-order valence-corrected chi connectivity index (χ1v) is 9.69. The first kappa shape index (κ1) is 21.3. The number of nitrogens with zero attached hydrogens (tertiary/aromatic N) is 2. The molecule has 0 radical (unpaired) electrons. The van der Waals surface area contributed by atoms with Crippen molar-refractivity contribution in [3.8, 4) is 11.5 Å². The third-order valence-electron chi connectivity index (χ3n) is 4.95. The molecule has 0 saturated heterocycles. The number of rotatable bonds is 4. The van der Waals surface area contributed by atoms with E-state index in [1.807, 2.05) is 4.90 Å². The Morgan fingerprint density at radius 1 is 1.00 bits per heavy atom. The van der Waals surface area contributed by atoms with Crippen LogP contribution in [0.3, 0.4) is 0 Å². The number of benzene rings is 2. The zero-order valence-electron chi connectivity index (χ0n) is 16.1. The zero-order chi connectivity index (χ0) is 19.3. The van der Waals surface area contributed by atoms with Crippen LogP contribution in [-0.4, -0.2) is 49.4 Å². The average Bonchev–Trinajstić information content (AvgIpc) is 2.71. The molecule has 0 aliphatic carbocycles. The summed E-state index contributed by atoms with van der Waals surface area (Å²) in [5.41, 5.74) is 1.42. The van der Waals surface area contributed by atoms with Gasteiger partial charge in [-0.2, -0.15) is 0 Å². The van der Waals surface area contributed by atoms with E-state index in [1.165, 1.54) is 12.1 Å². The van der Waals surface area contributed by atoms with Crippen LogP contribution in [0, 0.1) is 5.82 Å². The summed E-state index contributed by atoms with van der Waals surface area (Å²) >= 11 is 0. The highest BCUT2D eigenvalue weighted by Gasteiger charge is 2.21. The topological polar surface area (TPSA) is 51.1 Å². The molecule has 2 aromatic rings. The molecule has 0 bridgehead atoms. The van der Waals surface area contributed by atoms with Gasteiger partial charge in [0.1, 0.15) is 24.9 Å². The minimum atomic E-state index is -0.283. The lowest BCUT2D eigenvalue weighted by Gasteiger charge is -2.28. The van der Waals surface area contributed by atoms with Gasteiger partial charge < -0.3 is 14.4 Å². The summed E-state index contributed by atoms with van der Waals surface area (Å²) in [6.45, 7) is 2.67. The fourth-order valence-electron chi connectivity index (χ4n) is 3.49. The van der Waals surface area contributed by atoms with Gasteiger partial charge in [-0.3, -0.25) is 9.79 Å². The van der Waals surface area contributed by atoms with E-state index < -0.39 is 0 Å². The van der Waals surface area contributed by atoms with Crippen molar-refractivity contribution < 1.29 is 18.7 Å². The van der Waals surface area contributed by atoms with E-state index in [2.05, 4.69) is 0 Å². The number of carbonyl (C=O) groups is 1. The summed E-state index contributed by atoms with van der Waals surface area (Å²) in [6, 6.07) is 11.6. The first-order chi connectivity index (χ1) is 13.7. The van der Waals surface area contributed by atoms with E-state index in [1.54, 1.807) is 30.3 Å². The van der Waals surface area contributed by atoms with Crippen molar-refractivity contribution in [1.29, 1.82) is 0 Å². The minimum absolute atomic E-state index is 0. The van der Waals surface area contributed by atoms with Crippen LogP contribution in [-0.2, 0) is 0 Å². The van der Waals surface area contributed by atoms with Crippen LogP contribution in [0.2, 0.25) is 0 Å². The molecule has 2 heterocycles.